The first-order chi connectivity index (χ1) is 11.3. The molecule has 0 aliphatic carbocycles. The Morgan fingerprint density at radius 1 is 0.478 bits per heavy atom. The van der Waals surface area contributed by atoms with Gasteiger partial charge in [-0.2, -0.15) is 0 Å². The highest BCUT2D eigenvalue weighted by molar-refractivity contribution is 6.32. The Labute approximate surface area is 133 Å². The van der Waals surface area contributed by atoms with Crippen molar-refractivity contribution in [3.05, 3.63) is 78.9 Å². The number of benzene rings is 5. The van der Waals surface area contributed by atoms with Gasteiger partial charge in [-0.1, -0.05) is 72.8 Å². The zero-order valence-corrected chi connectivity index (χ0v) is 12.5. The van der Waals surface area contributed by atoms with E-state index in [0.29, 0.717) is 5.75 Å². The molecule has 0 aromatic heterocycles. The van der Waals surface area contributed by atoms with Gasteiger partial charge in [-0.05, 0) is 38.4 Å². The fraction of sp³-hybridized carbons (Fsp3) is 0. The quantitative estimate of drug-likeness (QED) is 0.347. The van der Waals surface area contributed by atoms with E-state index in [1.54, 1.807) is 0 Å². The second-order valence-electron chi connectivity index (χ2n) is 5.96. The van der Waals surface area contributed by atoms with Gasteiger partial charge in [0.1, 0.15) is 5.75 Å². The topological polar surface area (TPSA) is 20.2 Å². The maximum atomic E-state index is 10.7. The maximum Gasteiger partial charge on any atom is 0.124 e. The second-order valence-corrected chi connectivity index (χ2v) is 5.96. The lowest BCUT2D eigenvalue weighted by Crippen LogP contribution is -1.85. The van der Waals surface area contributed by atoms with Gasteiger partial charge in [-0.25, -0.2) is 0 Å². The van der Waals surface area contributed by atoms with E-state index in [-0.39, 0.29) is 0 Å². The molecule has 0 aliphatic rings. The number of aromatic hydroxyl groups is 1. The highest BCUT2D eigenvalue weighted by atomic mass is 16.3. The molecule has 0 saturated heterocycles. The van der Waals surface area contributed by atoms with Crippen LogP contribution in [0, 0.1) is 0 Å². The molecule has 1 heteroatoms. The number of phenolic OH excluding ortho intramolecular Hbond substituents is 1. The maximum absolute atomic E-state index is 10.7. The van der Waals surface area contributed by atoms with Gasteiger partial charge >= 0.3 is 0 Å². The molecule has 0 aliphatic heterocycles. The molecule has 5 aromatic rings. The lowest BCUT2D eigenvalue weighted by molar-refractivity contribution is 0.483. The molecule has 1 nitrogen and oxygen atoms in total. The van der Waals surface area contributed by atoms with Crippen molar-refractivity contribution in [3.8, 4) is 5.75 Å². The number of phenols is 1. The van der Waals surface area contributed by atoms with Gasteiger partial charge < -0.3 is 5.11 Å². The molecule has 23 heavy (non-hydrogen) atoms. The summed E-state index contributed by atoms with van der Waals surface area (Å²) in [5.41, 5.74) is 0. The molecule has 0 heterocycles. The van der Waals surface area contributed by atoms with Gasteiger partial charge in [0.2, 0.25) is 0 Å². The zero-order valence-electron chi connectivity index (χ0n) is 12.5. The van der Waals surface area contributed by atoms with Crippen LogP contribution in [-0.4, -0.2) is 5.11 Å². The van der Waals surface area contributed by atoms with E-state index < -0.39 is 0 Å². The Bertz CT molecular complexity index is 1220. The molecule has 0 bridgehead atoms. The molecule has 0 atom stereocenters. The Balaban J connectivity index is 2.27. The smallest absolute Gasteiger partial charge is 0.124 e. The van der Waals surface area contributed by atoms with Crippen molar-refractivity contribution < 1.29 is 5.11 Å². The predicted octanol–water partition coefficient (Wildman–Crippen LogP) is 6.01. The van der Waals surface area contributed by atoms with Gasteiger partial charge in [0, 0.05) is 10.8 Å². The van der Waals surface area contributed by atoms with Gasteiger partial charge in [0.25, 0.3) is 0 Å². The summed E-state index contributed by atoms with van der Waals surface area (Å²) in [7, 11) is 0. The van der Waals surface area contributed by atoms with Crippen LogP contribution in [0.5, 0.6) is 5.75 Å². The zero-order chi connectivity index (χ0) is 15.4. The molecule has 0 fully saturated rings. The summed E-state index contributed by atoms with van der Waals surface area (Å²) < 4.78 is 0. The molecule has 0 saturated carbocycles. The number of rotatable bonds is 0. The van der Waals surface area contributed by atoms with Crippen LogP contribution in [0.4, 0.5) is 0 Å². The van der Waals surface area contributed by atoms with Crippen LogP contribution in [0.1, 0.15) is 0 Å². The van der Waals surface area contributed by atoms with Crippen molar-refractivity contribution in [2.75, 3.05) is 0 Å². The molecule has 1 N–H and O–H groups in total. The van der Waals surface area contributed by atoms with Crippen LogP contribution < -0.4 is 0 Å². The lowest BCUT2D eigenvalue weighted by Gasteiger charge is -2.14. The van der Waals surface area contributed by atoms with Crippen molar-refractivity contribution in [2.24, 2.45) is 0 Å². The summed E-state index contributed by atoms with van der Waals surface area (Å²) in [6.07, 6.45) is 0. The van der Waals surface area contributed by atoms with Gasteiger partial charge in [-0.3, -0.25) is 0 Å². The van der Waals surface area contributed by atoms with E-state index in [9.17, 15) is 5.11 Å². The Morgan fingerprint density at radius 3 is 1.61 bits per heavy atom. The molecule has 5 rings (SSSR count). The standard InChI is InChI=1S/C22H14O/c23-20-13-14-7-1-2-8-15(14)21-18-11-5-3-9-16(18)17-10-4-6-12-19(17)22(20)21/h1-13,23H. The summed E-state index contributed by atoms with van der Waals surface area (Å²) in [6, 6.07) is 26.9. The number of hydrogen-bond acceptors (Lipinski definition) is 1. The van der Waals surface area contributed by atoms with Crippen LogP contribution in [0.25, 0.3) is 43.1 Å². The highest BCUT2D eigenvalue weighted by Crippen LogP contribution is 2.42. The Kier molecular flexibility index (Phi) is 2.42. The first-order valence-electron chi connectivity index (χ1n) is 7.78. The van der Waals surface area contributed by atoms with Crippen molar-refractivity contribution in [3.63, 3.8) is 0 Å². The molecule has 5 aromatic carbocycles. The highest BCUT2D eigenvalue weighted by Gasteiger charge is 2.13. The van der Waals surface area contributed by atoms with Crippen LogP contribution in [0.15, 0.2) is 78.9 Å². The van der Waals surface area contributed by atoms with Crippen LogP contribution in [0.2, 0.25) is 0 Å². The van der Waals surface area contributed by atoms with Crippen LogP contribution >= 0.6 is 0 Å². The third kappa shape index (κ3) is 1.62. The summed E-state index contributed by atoms with van der Waals surface area (Å²) in [5.74, 6) is 0.348. The molecule has 0 unspecified atom stereocenters. The summed E-state index contributed by atoms with van der Waals surface area (Å²) >= 11 is 0. The molecule has 0 amide bonds. The minimum absolute atomic E-state index is 0.348. The van der Waals surface area contributed by atoms with E-state index in [2.05, 4.69) is 60.7 Å². The first-order valence-corrected chi connectivity index (χ1v) is 7.78. The Morgan fingerprint density at radius 2 is 0.957 bits per heavy atom. The number of fused-ring (bicyclic) bond motifs is 8. The molecule has 0 spiro atoms. The van der Waals surface area contributed by atoms with E-state index in [4.69, 9.17) is 0 Å². The normalized spacial score (nSPS) is 11.7. The predicted molar refractivity (Wildman–Crippen MR) is 98.1 cm³/mol. The fourth-order valence-corrected chi connectivity index (χ4v) is 3.76. The number of hydrogen-bond donors (Lipinski definition) is 1. The molecule has 108 valence electrons. The van der Waals surface area contributed by atoms with Crippen molar-refractivity contribution in [2.45, 2.75) is 0 Å². The van der Waals surface area contributed by atoms with E-state index in [1.807, 2.05) is 18.2 Å². The molecule has 0 radical (unpaired) electrons. The average Bonchev–Trinajstić information content (AvgIpc) is 2.61. The monoisotopic (exact) mass is 294 g/mol. The molecular weight excluding hydrogens is 280 g/mol. The summed E-state index contributed by atoms with van der Waals surface area (Å²) in [5, 5.41) is 19.8. The van der Waals surface area contributed by atoms with Crippen molar-refractivity contribution in [1.29, 1.82) is 0 Å². The van der Waals surface area contributed by atoms with E-state index >= 15 is 0 Å². The fourth-order valence-electron chi connectivity index (χ4n) is 3.76. The third-order valence-corrected chi connectivity index (χ3v) is 4.71. The van der Waals surface area contributed by atoms with E-state index in [0.717, 1.165) is 21.5 Å². The SMILES string of the molecule is Oc1cc2ccccc2c2c3ccccc3c3ccccc3c12. The summed E-state index contributed by atoms with van der Waals surface area (Å²) in [6.45, 7) is 0. The molecular formula is C22H14O. The van der Waals surface area contributed by atoms with Crippen molar-refractivity contribution in [1.82, 2.24) is 0 Å². The van der Waals surface area contributed by atoms with E-state index in [1.165, 1.54) is 21.5 Å². The minimum Gasteiger partial charge on any atom is -0.507 e. The Hall–Kier alpha value is -3.06. The van der Waals surface area contributed by atoms with Gasteiger partial charge in [0.05, 0.1) is 0 Å². The van der Waals surface area contributed by atoms with Crippen LogP contribution in [0.3, 0.4) is 0 Å². The summed E-state index contributed by atoms with van der Waals surface area (Å²) in [4.78, 5) is 0. The van der Waals surface area contributed by atoms with Gasteiger partial charge in [-0.15, -0.1) is 0 Å². The second kappa shape index (κ2) is 4.47. The van der Waals surface area contributed by atoms with Gasteiger partial charge in [0.15, 0.2) is 0 Å². The minimum atomic E-state index is 0.348. The van der Waals surface area contributed by atoms with Crippen molar-refractivity contribution >= 4 is 43.1 Å². The largest absolute Gasteiger partial charge is 0.507 e. The third-order valence-electron chi connectivity index (χ3n) is 4.71. The first kappa shape index (κ1) is 12.5. The lowest BCUT2D eigenvalue weighted by atomic mass is 9.90. The van der Waals surface area contributed by atoms with Crippen LogP contribution in [-0.2, 0) is 0 Å². The average molecular weight is 294 g/mol.